The zero-order chi connectivity index (χ0) is 14.9. The molecule has 1 aliphatic rings. The Balaban J connectivity index is 2.73. The van der Waals surface area contributed by atoms with Crippen LogP contribution in [0.5, 0.6) is 0 Å². The van der Waals surface area contributed by atoms with Gasteiger partial charge in [-0.25, -0.2) is 9.18 Å². The molecule has 0 aliphatic carbocycles. The molecule has 19 heavy (non-hydrogen) atoms. The third kappa shape index (κ3) is 4.40. The van der Waals surface area contributed by atoms with Crippen molar-refractivity contribution in [3.63, 3.8) is 0 Å². The molecule has 1 fully saturated rings. The van der Waals surface area contributed by atoms with E-state index in [1.165, 1.54) is 0 Å². The smallest absolute Gasteiger partial charge is 0.430 e. The summed E-state index contributed by atoms with van der Waals surface area (Å²) >= 11 is 0. The molecule has 0 N–H and O–H groups in total. The molecular weight excluding hydrogens is 293 g/mol. The minimum atomic E-state index is -5.72. The van der Waals surface area contributed by atoms with Gasteiger partial charge in [0.1, 0.15) is 19.3 Å². The normalized spacial score (nSPS) is 23.7. The molecular formula is C8H7F7O4. The molecule has 1 saturated heterocycles. The monoisotopic (exact) mass is 300 g/mol. The summed E-state index contributed by atoms with van der Waals surface area (Å²) in [6.07, 6.45) is -15.5. The average molecular weight is 300 g/mol. The zero-order valence-electron chi connectivity index (χ0n) is 8.98. The highest BCUT2D eigenvalue weighted by Crippen LogP contribution is 2.40. The van der Waals surface area contributed by atoms with Crippen LogP contribution in [0.3, 0.4) is 0 Å². The fourth-order valence-electron chi connectivity index (χ4n) is 1.21. The molecule has 0 bridgehead atoms. The topological polar surface area (TPSA) is 44.8 Å². The Labute approximate surface area is 101 Å². The number of carbonyl (C=O) groups excluding carboxylic acids is 1. The number of carbonyl (C=O) groups is 1. The van der Waals surface area contributed by atoms with E-state index in [1.54, 1.807) is 0 Å². The third-order valence-corrected chi connectivity index (χ3v) is 2.03. The Hall–Kier alpha value is -1.26. The van der Waals surface area contributed by atoms with Crippen molar-refractivity contribution in [2.24, 2.45) is 0 Å². The van der Waals surface area contributed by atoms with E-state index in [9.17, 15) is 35.5 Å². The van der Waals surface area contributed by atoms with Gasteiger partial charge >= 0.3 is 24.4 Å². The Bertz CT molecular complexity index is 339. The van der Waals surface area contributed by atoms with Gasteiger partial charge in [-0.2, -0.15) is 26.3 Å². The first-order chi connectivity index (χ1) is 8.43. The molecule has 0 amide bonds. The first kappa shape index (κ1) is 15.8. The van der Waals surface area contributed by atoms with Gasteiger partial charge in [0.05, 0.1) is 6.42 Å². The molecule has 0 aromatic rings. The van der Waals surface area contributed by atoms with E-state index in [4.69, 9.17) is 0 Å². The van der Waals surface area contributed by atoms with E-state index in [0.717, 1.165) is 0 Å². The second kappa shape index (κ2) is 5.02. The summed E-state index contributed by atoms with van der Waals surface area (Å²) < 4.78 is 97.5. The summed E-state index contributed by atoms with van der Waals surface area (Å²) in [7, 11) is 0. The molecule has 1 rings (SSSR count). The molecule has 1 aliphatic heterocycles. The Morgan fingerprint density at radius 3 is 2.11 bits per heavy atom. The quantitative estimate of drug-likeness (QED) is 0.591. The van der Waals surface area contributed by atoms with Crippen molar-refractivity contribution in [3.05, 3.63) is 0 Å². The maximum absolute atomic E-state index is 13.5. The lowest BCUT2D eigenvalue weighted by Gasteiger charge is -2.29. The van der Waals surface area contributed by atoms with Crippen LogP contribution >= 0.6 is 0 Å². The molecule has 2 unspecified atom stereocenters. The van der Waals surface area contributed by atoms with Crippen LogP contribution in [0, 0.1) is 0 Å². The largest absolute Gasteiger partial charge is 0.508 e. The molecule has 0 radical (unpaired) electrons. The molecule has 0 spiro atoms. The highest BCUT2D eigenvalue weighted by atomic mass is 19.4. The second-order valence-corrected chi connectivity index (χ2v) is 3.64. The van der Waals surface area contributed by atoms with Crippen LogP contribution in [0.1, 0.15) is 6.42 Å². The van der Waals surface area contributed by atoms with Gasteiger partial charge in [-0.05, 0) is 0 Å². The van der Waals surface area contributed by atoms with Crippen molar-refractivity contribution >= 4 is 6.16 Å². The van der Waals surface area contributed by atoms with Crippen molar-refractivity contribution in [2.75, 3.05) is 13.2 Å². The van der Waals surface area contributed by atoms with Gasteiger partial charge in [0.2, 0.25) is 0 Å². The Kier molecular flexibility index (Phi) is 4.17. The van der Waals surface area contributed by atoms with E-state index < -0.39 is 50.1 Å². The highest BCUT2D eigenvalue weighted by molar-refractivity contribution is 5.61. The molecule has 2 atom stereocenters. The van der Waals surface area contributed by atoms with Gasteiger partial charge in [0.15, 0.2) is 0 Å². The molecule has 4 nitrogen and oxygen atoms in total. The molecule has 0 aromatic carbocycles. The van der Waals surface area contributed by atoms with E-state index >= 15 is 0 Å². The number of cyclic esters (lactones) is 2. The number of hydrogen-bond donors (Lipinski definition) is 0. The second-order valence-electron chi connectivity index (χ2n) is 3.64. The van der Waals surface area contributed by atoms with Crippen LogP contribution in [-0.4, -0.2) is 43.7 Å². The highest BCUT2D eigenvalue weighted by Gasteiger charge is 2.60. The number of rotatable bonds is 4. The van der Waals surface area contributed by atoms with Crippen LogP contribution < -0.4 is 0 Å². The molecule has 112 valence electrons. The van der Waals surface area contributed by atoms with Crippen molar-refractivity contribution in [3.8, 4) is 0 Å². The van der Waals surface area contributed by atoms with Crippen LogP contribution in [0.15, 0.2) is 0 Å². The van der Waals surface area contributed by atoms with Crippen LogP contribution in [-0.2, 0) is 14.2 Å². The third-order valence-electron chi connectivity index (χ3n) is 2.03. The zero-order valence-corrected chi connectivity index (χ0v) is 8.98. The summed E-state index contributed by atoms with van der Waals surface area (Å²) in [6, 6.07) is 0. The summed E-state index contributed by atoms with van der Waals surface area (Å²) in [5.41, 5.74) is 0. The maximum Gasteiger partial charge on any atom is 0.508 e. The lowest BCUT2D eigenvalue weighted by atomic mass is 10.1. The predicted molar refractivity (Wildman–Crippen MR) is 42.7 cm³/mol. The van der Waals surface area contributed by atoms with E-state index in [-0.39, 0.29) is 0 Å². The molecule has 1 heterocycles. The Morgan fingerprint density at radius 2 is 1.74 bits per heavy atom. The molecule has 0 aromatic heterocycles. The lowest BCUT2D eigenvalue weighted by Crippen LogP contribution is -2.48. The first-order valence-electron chi connectivity index (χ1n) is 4.73. The van der Waals surface area contributed by atoms with E-state index in [1.807, 2.05) is 0 Å². The minimum Gasteiger partial charge on any atom is -0.430 e. The summed E-state index contributed by atoms with van der Waals surface area (Å²) in [5.74, 6) is -4.58. The number of hydrogen-bond acceptors (Lipinski definition) is 4. The van der Waals surface area contributed by atoms with Gasteiger partial charge in [0, 0.05) is 0 Å². The summed E-state index contributed by atoms with van der Waals surface area (Å²) in [6.45, 7) is -3.12. The summed E-state index contributed by atoms with van der Waals surface area (Å²) in [5, 5.41) is 0. The fourth-order valence-corrected chi connectivity index (χ4v) is 1.21. The maximum atomic E-state index is 13.5. The van der Waals surface area contributed by atoms with Gasteiger partial charge < -0.3 is 14.2 Å². The van der Waals surface area contributed by atoms with Crippen LogP contribution in [0.2, 0.25) is 0 Å². The number of ether oxygens (including phenoxy) is 3. The van der Waals surface area contributed by atoms with Crippen LogP contribution in [0.4, 0.5) is 35.5 Å². The first-order valence-corrected chi connectivity index (χ1v) is 4.73. The minimum absolute atomic E-state index is 0.698. The fraction of sp³-hybridized carbons (Fsp3) is 0.875. The van der Waals surface area contributed by atoms with Gasteiger partial charge in [-0.15, -0.1) is 0 Å². The van der Waals surface area contributed by atoms with Gasteiger partial charge in [-0.3, -0.25) is 0 Å². The SMILES string of the molecule is O=C1OCC(CC(F)(OCC(F)(F)F)C(F)(F)F)O1. The number of halogens is 7. The summed E-state index contributed by atoms with van der Waals surface area (Å²) in [4.78, 5) is 10.4. The average Bonchev–Trinajstić information content (AvgIpc) is 2.58. The standard InChI is InChI=1S/C8H7F7O4/c9-6(8(13,14)15,18-3-7(10,11)12)1-4-2-17-5(16)19-4/h4H,1-3H2. The van der Waals surface area contributed by atoms with Crippen molar-refractivity contribution in [2.45, 2.75) is 30.7 Å². The molecule has 11 heteroatoms. The van der Waals surface area contributed by atoms with Crippen molar-refractivity contribution in [1.82, 2.24) is 0 Å². The van der Waals surface area contributed by atoms with E-state index in [2.05, 4.69) is 14.2 Å². The van der Waals surface area contributed by atoms with Gasteiger partial charge in [-0.1, -0.05) is 0 Å². The molecule has 0 saturated carbocycles. The lowest BCUT2D eigenvalue weighted by molar-refractivity contribution is -0.357. The Morgan fingerprint density at radius 1 is 1.16 bits per heavy atom. The van der Waals surface area contributed by atoms with Crippen molar-refractivity contribution < 1.29 is 49.7 Å². The van der Waals surface area contributed by atoms with Crippen LogP contribution in [0.25, 0.3) is 0 Å². The van der Waals surface area contributed by atoms with E-state index in [0.29, 0.717) is 0 Å². The van der Waals surface area contributed by atoms with Gasteiger partial charge in [0.25, 0.3) is 0 Å². The number of alkyl halides is 7. The predicted octanol–water partition coefficient (Wildman–Crippen LogP) is 2.72. The van der Waals surface area contributed by atoms with Crippen molar-refractivity contribution in [1.29, 1.82) is 0 Å².